The third kappa shape index (κ3) is 8.40. The number of urea groups is 1. The molecule has 2 heterocycles. The van der Waals surface area contributed by atoms with Crippen LogP contribution in [0.2, 0.25) is 0 Å². The van der Waals surface area contributed by atoms with Gasteiger partial charge in [-0.15, -0.1) is 18.3 Å². The number of nitrogens with one attached hydrogen (secondary N) is 1. The van der Waals surface area contributed by atoms with Gasteiger partial charge in [0, 0.05) is 29.6 Å². The van der Waals surface area contributed by atoms with E-state index in [0.29, 0.717) is 23.1 Å². The van der Waals surface area contributed by atoms with E-state index in [1.54, 1.807) is 11.8 Å². The van der Waals surface area contributed by atoms with Gasteiger partial charge in [-0.1, -0.05) is 55.1 Å². The molecule has 8 nitrogen and oxygen atoms in total. The van der Waals surface area contributed by atoms with Gasteiger partial charge in [0.15, 0.2) is 11.0 Å². The fourth-order valence-corrected chi connectivity index (χ4v) is 6.11. The van der Waals surface area contributed by atoms with Gasteiger partial charge in [0.1, 0.15) is 12.1 Å². The molecule has 1 aliphatic heterocycles. The second kappa shape index (κ2) is 14.0. The summed E-state index contributed by atoms with van der Waals surface area (Å²) < 4.78 is 42.7. The molecule has 1 unspecified atom stereocenters. The van der Waals surface area contributed by atoms with Gasteiger partial charge in [-0.2, -0.15) is 17.6 Å². The van der Waals surface area contributed by atoms with E-state index in [4.69, 9.17) is 0 Å². The lowest BCUT2D eigenvalue weighted by atomic mass is 9.98. The van der Waals surface area contributed by atoms with Crippen LogP contribution in [0, 0.1) is 6.92 Å². The molecule has 1 aliphatic rings. The molecule has 0 spiro atoms. The lowest BCUT2D eigenvalue weighted by molar-refractivity contribution is -0.274. The number of halogens is 3. The number of thioether (sulfide) groups is 1. The van der Waals surface area contributed by atoms with E-state index in [-0.39, 0.29) is 23.7 Å². The zero-order valence-electron chi connectivity index (χ0n) is 25.0. The van der Waals surface area contributed by atoms with Crippen molar-refractivity contribution in [3.8, 4) is 22.8 Å². The first-order chi connectivity index (χ1) is 21.5. The number of thiol groups is 1. The fraction of sp³-hybridized carbons (Fsp3) is 0.312. The van der Waals surface area contributed by atoms with Gasteiger partial charge < -0.3 is 15.0 Å². The topological polar surface area (TPSA) is 84.6 Å². The van der Waals surface area contributed by atoms with Crippen molar-refractivity contribution in [2.45, 2.75) is 45.5 Å². The maximum absolute atomic E-state index is 12.9. The number of aromatic nitrogens is 3. The molecule has 2 amide bonds. The lowest BCUT2D eigenvalue weighted by Crippen LogP contribution is -2.34. The number of aryl methyl sites for hydroxylation is 1. The number of nitrogens with zero attached hydrogens (tertiary/aromatic N) is 5. The predicted molar refractivity (Wildman–Crippen MR) is 176 cm³/mol. The van der Waals surface area contributed by atoms with Gasteiger partial charge in [0.25, 0.3) is 0 Å². The van der Waals surface area contributed by atoms with Gasteiger partial charge in [-0.05, 0) is 79.0 Å². The van der Waals surface area contributed by atoms with Crippen molar-refractivity contribution in [2.24, 2.45) is 4.99 Å². The van der Waals surface area contributed by atoms with Crippen LogP contribution in [-0.2, 0) is 6.42 Å². The number of carbonyl (C=O) groups is 1. The first kappa shape index (κ1) is 32.4. The number of amides is 2. The number of rotatable bonds is 9. The molecule has 1 aromatic heterocycles. The van der Waals surface area contributed by atoms with E-state index in [9.17, 15) is 18.0 Å². The third-order valence-corrected chi connectivity index (χ3v) is 8.71. The van der Waals surface area contributed by atoms with E-state index < -0.39 is 6.36 Å². The molecule has 1 saturated heterocycles. The molecule has 0 aliphatic carbocycles. The SMILES string of the molecule is Cc1ccc(C(C)CS)c(N2CCSC2=NC(=O)N[C@@H](C)Cc2ccc(-c3ncn(-c4ccc(OC(F)(F)F)cc4)n3)cc2)c1. The van der Waals surface area contributed by atoms with Crippen LogP contribution in [0.15, 0.2) is 78.0 Å². The largest absolute Gasteiger partial charge is 0.573 e. The fourth-order valence-electron chi connectivity index (χ4n) is 4.97. The van der Waals surface area contributed by atoms with E-state index in [2.05, 4.69) is 74.7 Å². The van der Waals surface area contributed by atoms with Crippen molar-refractivity contribution in [1.82, 2.24) is 20.1 Å². The number of carbonyl (C=O) groups excluding carboxylic acids is 1. The van der Waals surface area contributed by atoms with Gasteiger partial charge >= 0.3 is 12.4 Å². The van der Waals surface area contributed by atoms with Crippen LogP contribution in [0.3, 0.4) is 0 Å². The third-order valence-electron chi connectivity index (χ3n) is 7.21. The quantitative estimate of drug-likeness (QED) is 0.183. The average Bonchev–Trinajstić information content (AvgIpc) is 3.67. The van der Waals surface area contributed by atoms with Crippen LogP contribution >= 0.6 is 24.4 Å². The molecule has 1 N–H and O–H groups in total. The summed E-state index contributed by atoms with van der Waals surface area (Å²) in [5, 5.41) is 8.13. The molecule has 3 aromatic carbocycles. The number of hydrogen-bond donors (Lipinski definition) is 2. The smallest absolute Gasteiger partial charge is 0.406 e. The highest BCUT2D eigenvalue weighted by Gasteiger charge is 2.31. The summed E-state index contributed by atoms with van der Waals surface area (Å²) in [6.45, 7) is 6.93. The number of hydrogen-bond acceptors (Lipinski definition) is 6. The molecule has 0 bridgehead atoms. The standard InChI is InChI=1S/C32H33F3N6O2S2/c1-20-4-13-27(21(2)18-44)28(16-20)40-14-15-45-31(40)38-30(42)37-22(3)17-23-5-7-24(8-6-23)29-36-19-41(39-29)25-9-11-26(12-10-25)43-32(33,34)35/h4-13,16,19,21-22,44H,14-15,17-18H2,1-3H3,(H,37,42)/t21?,22-/m0/s1. The Morgan fingerprint density at radius 2 is 1.84 bits per heavy atom. The van der Waals surface area contributed by atoms with Crippen molar-refractivity contribution < 1.29 is 22.7 Å². The van der Waals surface area contributed by atoms with E-state index in [1.165, 1.54) is 40.8 Å². The lowest BCUT2D eigenvalue weighted by Gasteiger charge is -2.24. The van der Waals surface area contributed by atoms with Crippen LogP contribution in [0.4, 0.5) is 23.7 Å². The van der Waals surface area contributed by atoms with Crippen molar-refractivity contribution in [2.75, 3.05) is 23.0 Å². The minimum absolute atomic E-state index is 0.159. The first-order valence-corrected chi connectivity index (χ1v) is 16.0. The number of benzene rings is 3. The summed E-state index contributed by atoms with van der Waals surface area (Å²) in [6, 6.07) is 18.9. The van der Waals surface area contributed by atoms with E-state index in [0.717, 1.165) is 40.4 Å². The van der Waals surface area contributed by atoms with Gasteiger partial charge in [0.05, 0.1) is 5.69 Å². The Hall–Kier alpha value is -3.97. The van der Waals surface area contributed by atoms with Gasteiger partial charge in [0.2, 0.25) is 0 Å². The zero-order valence-corrected chi connectivity index (χ0v) is 26.7. The molecule has 45 heavy (non-hydrogen) atoms. The predicted octanol–water partition coefficient (Wildman–Crippen LogP) is 7.42. The van der Waals surface area contributed by atoms with Gasteiger partial charge in [-0.3, -0.25) is 0 Å². The number of amidine groups is 1. The number of aliphatic imine (C=N–C) groups is 1. The Kier molecular flexibility index (Phi) is 10.1. The summed E-state index contributed by atoms with van der Waals surface area (Å²) in [5.74, 6) is 2.00. The molecular weight excluding hydrogens is 622 g/mol. The van der Waals surface area contributed by atoms with Crippen LogP contribution in [0.25, 0.3) is 17.1 Å². The molecule has 4 aromatic rings. The summed E-state index contributed by atoms with van der Waals surface area (Å²) in [7, 11) is 0. The number of ether oxygens (including phenoxy) is 1. The normalized spacial score (nSPS) is 15.7. The Labute approximate surface area is 269 Å². The summed E-state index contributed by atoms with van der Waals surface area (Å²) in [4.78, 5) is 23.8. The maximum Gasteiger partial charge on any atom is 0.573 e. The van der Waals surface area contributed by atoms with Crippen molar-refractivity contribution >= 4 is 41.3 Å². The molecule has 2 atom stereocenters. The zero-order chi connectivity index (χ0) is 32.1. The molecule has 1 fully saturated rings. The molecule has 13 heteroatoms. The number of alkyl halides is 3. The van der Waals surface area contributed by atoms with Crippen LogP contribution in [0.5, 0.6) is 5.75 Å². The second-order valence-corrected chi connectivity index (χ2v) is 12.3. The highest BCUT2D eigenvalue weighted by molar-refractivity contribution is 8.14. The summed E-state index contributed by atoms with van der Waals surface area (Å²) in [5.41, 5.74) is 5.75. The summed E-state index contributed by atoms with van der Waals surface area (Å²) in [6.07, 6.45) is -2.66. The van der Waals surface area contributed by atoms with Crippen LogP contribution < -0.4 is 15.0 Å². The molecule has 5 rings (SSSR count). The van der Waals surface area contributed by atoms with Gasteiger partial charge in [-0.25, -0.2) is 14.5 Å². The highest BCUT2D eigenvalue weighted by Crippen LogP contribution is 2.34. The van der Waals surface area contributed by atoms with Crippen LogP contribution in [0.1, 0.15) is 36.5 Å². The molecule has 0 radical (unpaired) electrons. The molecule has 236 valence electrons. The Bertz CT molecular complexity index is 1660. The van der Waals surface area contributed by atoms with Crippen molar-refractivity contribution in [3.63, 3.8) is 0 Å². The van der Waals surface area contributed by atoms with Crippen LogP contribution in [-0.4, -0.2) is 56.4 Å². The average molecular weight is 655 g/mol. The van der Waals surface area contributed by atoms with Crippen molar-refractivity contribution in [3.05, 3.63) is 89.7 Å². The Morgan fingerprint density at radius 3 is 2.53 bits per heavy atom. The second-order valence-electron chi connectivity index (χ2n) is 10.8. The minimum Gasteiger partial charge on any atom is -0.406 e. The maximum atomic E-state index is 12.9. The summed E-state index contributed by atoms with van der Waals surface area (Å²) >= 11 is 6.07. The molecular formula is C32H33F3N6O2S2. The monoisotopic (exact) mass is 654 g/mol. The van der Waals surface area contributed by atoms with Crippen molar-refractivity contribution in [1.29, 1.82) is 0 Å². The molecule has 0 saturated carbocycles. The highest BCUT2D eigenvalue weighted by atomic mass is 32.2. The van der Waals surface area contributed by atoms with E-state index in [1.807, 2.05) is 31.2 Å². The Balaban J connectivity index is 1.19. The van der Waals surface area contributed by atoms with E-state index >= 15 is 0 Å². The first-order valence-electron chi connectivity index (χ1n) is 14.4. The minimum atomic E-state index is -4.75. The Morgan fingerprint density at radius 1 is 1.11 bits per heavy atom. The number of anilines is 1.